The summed E-state index contributed by atoms with van der Waals surface area (Å²) in [7, 11) is 0. The number of likely N-dealkylation sites (tertiary alicyclic amines) is 2. The lowest BCUT2D eigenvalue weighted by Crippen LogP contribution is -2.48. The highest BCUT2D eigenvalue weighted by Gasteiger charge is 2.32. The lowest BCUT2D eigenvalue weighted by molar-refractivity contribution is 0.152. The zero-order valence-corrected chi connectivity index (χ0v) is 12.4. The van der Waals surface area contributed by atoms with E-state index in [0.717, 1.165) is 58.3 Å². The van der Waals surface area contributed by atoms with Gasteiger partial charge in [-0.3, -0.25) is 4.90 Å². The number of hydrogen-bond donors (Lipinski definition) is 2. The Labute approximate surface area is 121 Å². The summed E-state index contributed by atoms with van der Waals surface area (Å²) >= 11 is 0. The molecule has 1 unspecified atom stereocenters. The third-order valence-corrected chi connectivity index (χ3v) is 5.22. The van der Waals surface area contributed by atoms with Crippen LogP contribution < -0.4 is 11.1 Å². The Morgan fingerprint density at radius 2 is 1.70 bits per heavy atom. The van der Waals surface area contributed by atoms with Gasteiger partial charge in [-0.25, -0.2) is 4.79 Å². The van der Waals surface area contributed by atoms with Crippen LogP contribution in [0.5, 0.6) is 0 Å². The number of nitrogens with one attached hydrogen (secondary N) is 1. The van der Waals surface area contributed by atoms with Crippen molar-refractivity contribution in [1.82, 2.24) is 15.1 Å². The van der Waals surface area contributed by atoms with Gasteiger partial charge in [-0.2, -0.15) is 0 Å². The zero-order valence-electron chi connectivity index (χ0n) is 12.4. The molecule has 1 atom stereocenters. The van der Waals surface area contributed by atoms with Gasteiger partial charge >= 0.3 is 6.03 Å². The van der Waals surface area contributed by atoms with Crippen molar-refractivity contribution in [3.63, 3.8) is 0 Å². The molecule has 0 aromatic heterocycles. The summed E-state index contributed by atoms with van der Waals surface area (Å²) in [5.41, 5.74) is 5.96. The van der Waals surface area contributed by atoms with Crippen LogP contribution in [0.3, 0.4) is 0 Å². The molecule has 2 saturated heterocycles. The molecular weight excluding hydrogens is 252 g/mol. The molecule has 0 aromatic carbocycles. The van der Waals surface area contributed by atoms with Gasteiger partial charge in [-0.1, -0.05) is 12.8 Å². The van der Waals surface area contributed by atoms with Gasteiger partial charge in [0.15, 0.2) is 0 Å². The molecule has 20 heavy (non-hydrogen) atoms. The Hall–Kier alpha value is -0.810. The van der Waals surface area contributed by atoms with Gasteiger partial charge in [0.2, 0.25) is 0 Å². The molecule has 2 aliphatic heterocycles. The van der Waals surface area contributed by atoms with E-state index in [1.807, 2.05) is 4.90 Å². The highest BCUT2D eigenvalue weighted by molar-refractivity contribution is 5.74. The van der Waals surface area contributed by atoms with Gasteiger partial charge in [0.05, 0.1) is 0 Å². The minimum absolute atomic E-state index is 0.160. The SMILES string of the molecule is NC1CCN(C2CCN(C(=O)NC3CCCC3)C2)CC1. The molecule has 2 heterocycles. The molecule has 2 amide bonds. The molecule has 3 N–H and O–H groups in total. The summed E-state index contributed by atoms with van der Waals surface area (Å²) in [5.74, 6) is 0. The molecule has 0 bridgehead atoms. The number of urea groups is 1. The maximum Gasteiger partial charge on any atom is 0.317 e. The lowest BCUT2D eigenvalue weighted by Gasteiger charge is -2.34. The molecule has 1 aliphatic carbocycles. The molecule has 3 fully saturated rings. The zero-order chi connectivity index (χ0) is 13.9. The number of piperidine rings is 1. The van der Waals surface area contributed by atoms with E-state index in [1.54, 1.807) is 0 Å². The Morgan fingerprint density at radius 3 is 2.40 bits per heavy atom. The van der Waals surface area contributed by atoms with Gasteiger partial charge in [-0.15, -0.1) is 0 Å². The quantitative estimate of drug-likeness (QED) is 0.797. The monoisotopic (exact) mass is 280 g/mol. The van der Waals surface area contributed by atoms with E-state index in [1.165, 1.54) is 12.8 Å². The normalized spacial score (nSPS) is 30.1. The second-order valence-corrected chi connectivity index (χ2v) is 6.69. The smallest absolute Gasteiger partial charge is 0.317 e. The predicted octanol–water partition coefficient (Wildman–Crippen LogP) is 1.14. The lowest BCUT2D eigenvalue weighted by atomic mass is 10.0. The topological polar surface area (TPSA) is 61.6 Å². The van der Waals surface area contributed by atoms with Crippen LogP contribution in [-0.4, -0.2) is 60.1 Å². The number of carbonyl (C=O) groups is 1. The van der Waals surface area contributed by atoms with Crippen LogP contribution in [0.4, 0.5) is 4.79 Å². The molecule has 0 spiro atoms. The first-order valence-electron chi connectivity index (χ1n) is 8.27. The minimum atomic E-state index is 0.160. The molecule has 1 saturated carbocycles. The average Bonchev–Trinajstić information content (AvgIpc) is 3.10. The van der Waals surface area contributed by atoms with Gasteiger partial charge in [0.1, 0.15) is 0 Å². The fourth-order valence-electron chi connectivity index (χ4n) is 3.84. The number of carbonyl (C=O) groups excluding carboxylic acids is 1. The number of nitrogens with two attached hydrogens (primary N) is 1. The van der Waals surface area contributed by atoms with Crippen LogP contribution >= 0.6 is 0 Å². The summed E-state index contributed by atoms with van der Waals surface area (Å²) in [6, 6.07) is 1.52. The molecule has 5 heteroatoms. The van der Waals surface area contributed by atoms with Crippen LogP contribution in [0.15, 0.2) is 0 Å². The van der Waals surface area contributed by atoms with Crippen molar-refractivity contribution >= 4 is 6.03 Å². The number of amides is 2. The Bertz CT molecular complexity index is 335. The second-order valence-electron chi connectivity index (χ2n) is 6.69. The third kappa shape index (κ3) is 3.26. The molecule has 3 aliphatic rings. The van der Waals surface area contributed by atoms with E-state index in [2.05, 4.69) is 10.2 Å². The van der Waals surface area contributed by atoms with Crippen molar-refractivity contribution in [2.24, 2.45) is 5.73 Å². The standard InChI is InChI=1S/C15H28N4O/c16-12-5-8-18(9-6-12)14-7-10-19(11-14)15(20)17-13-3-1-2-4-13/h12-14H,1-11,16H2,(H,17,20). The molecule has 0 radical (unpaired) electrons. The maximum atomic E-state index is 12.3. The molecule has 5 nitrogen and oxygen atoms in total. The number of nitrogens with zero attached hydrogens (tertiary/aromatic N) is 2. The Balaban J connectivity index is 1.45. The van der Waals surface area contributed by atoms with Crippen molar-refractivity contribution in [3.05, 3.63) is 0 Å². The molecule has 0 aromatic rings. The number of rotatable bonds is 2. The van der Waals surface area contributed by atoms with Crippen LogP contribution in [0, 0.1) is 0 Å². The Morgan fingerprint density at radius 1 is 1.00 bits per heavy atom. The summed E-state index contributed by atoms with van der Waals surface area (Å²) in [4.78, 5) is 16.8. The van der Waals surface area contributed by atoms with E-state index >= 15 is 0 Å². The van der Waals surface area contributed by atoms with Gasteiger partial charge < -0.3 is 16.0 Å². The van der Waals surface area contributed by atoms with Crippen LogP contribution in [0.2, 0.25) is 0 Å². The Kier molecular flexibility index (Phi) is 4.46. The molecule has 3 rings (SSSR count). The van der Waals surface area contributed by atoms with Crippen LogP contribution in [0.1, 0.15) is 44.9 Å². The van der Waals surface area contributed by atoms with E-state index < -0.39 is 0 Å². The van der Waals surface area contributed by atoms with E-state index in [4.69, 9.17) is 5.73 Å². The first-order valence-corrected chi connectivity index (χ1v) is 8.27. The van der Waals surface area contributed by atoms with Gasteiger partial charge in [0.25, 0.3) is 0 Å². The highest BCUT2D eigenvalue weighted by atomic mass is 16.2. The fraction of sp³-hybridized carbons (Fsp3) is 0.933. The molecule has 114 valence electrons. The largest absolute Gasteiger partial charge is 0.335 e. The van der Waals surface area contributed by atoms with E-state index in [-0.39, 0.29) is 6.03 Å². The van der Waals surface area contributed by atoms with Crippen molar-refractivity contribution in [2.45, 2.75) is 63.1 Å². The van der Waals surface area contributed by atoms with Crippen molar-refractivity contribution in [1.29, 1.82) is 0 Å². The van der Waals surface area contributed by atoms with Gasteiger partial charge in [0, 0.05) is 31.2 Å². The van der Waals surface area contributed by atoms with Crippen molar-refractivity contribution in [3.8, 4) is 0 Å². The summed E-state index contributed by atoms with van der Waals surface area (Å²) in [6.07, 6.45) is 8.17. The fourth-order valence-corrected chi connectivity index (χ4v) is 3.84. The van der Waals surface area contributed by atoms with E-state index in [0.29, 0.717) is 18.1 Å². The maximum absolute atomic E-state index is 12.3. The second kappa shape index (κ2) is 6.31. The summed E-state index contributed by atoms with van der Waals surface area (Å²) in [6.45, 7) is 4.01. The average molecular weight is 280 g/mol. The first-order chi connectivity index (χ1) is 9.72. The van der Waals surface area contributed by atoms with Crippen LogP contribution in [0.25, 0.3) is 0 Å². The minimum Gasteiger partial charge on any atom is -0.335 e. The van der Waals surface area contributed by atoms with E-state index in [9.17, 15) is 4.79 Å². The summed E-state index contributed by atoms with van der Waals surface area (Å²) in [5, 5.41) is 3.20. The number of hydrogen-bond acceptors (Lipinski definition) is 3. The molecular formula is C15H28N4O. The summed E-state index contributed by atoms with van der Waals surface area (Å²) < 4.78 is 0. The van der Waals surface area contributed by atoms with Gasteiger partial charge in [-0.05, 0) is 45.2 Å². The van der Waals surface area contributed by atoms with Crippen LogP contribution in [-0.2, 0) is 0 Å². The first kappa shape index (κ1) is 14.1. The predicted molar refractivity (Wildman–Crippen MR) is 79.5 cm³/mol. The van der Waals surface area contributed by atoms with Crippen molar-refractivity contribution in [2.75, 3.05) is 26.2 Å². The van der Waals surface area contributed by atoms with Crippen molar-refractivity contribution < 1.29 is 4.79 Å². The highest BCUT2D eigenvalue weighted by Crippen LogP contribution is 2.21. The third-order valence-electron chi connectivity index (χ3n) is 5.22.